The monoisotopic (exact) mass is 277 g/mol. The molecule has 2 unspecified atom stereocenters. The third kappa shape index (κ3) is 3.45. The molecule has 106 valence electrons. The molecule has 2 atom stereocenters. The summed E-state index contributed by atoms with van der Waals surface area (Å²) in [6, 6.07) is 2.55. The van der Waals surface area contributed by atoms with Gasteiger partial charge in [0, 0.05) is 13.1 Å². The maximum atomic E-state index is 13.3. The van der Waals surface area contributed by atoms with E-state index in [2.05, 4.69) is 5.32 Å². The molecule has 1 saturated heterocycles. The quantitative estimate of drug-likeness (QED) is 0.838. The standard InChI is InChI=1S/C13H15F4NO/c1-2-11-6-18-7-12(19-11)8-3-9(13(15,16)17)5-10(14)4-8/h3-5,11-12,18H,2,6-7H2,1H3. The molecule has 0 amide bonds. The third-order valence-electron chi connectivity index (χ3n) is 3.13. The molecule has 1 heterocycles. The molecule has 0 spiro atoms. The van der Waals surface area contributed by atoms with E-state index >= 15 is 0 Å². The van der Waals surface area contributed by atoms with Crippen LogP contribution in [0.3, 0.4) is 0 Å². The van der Waals surface area contributed by atoms with E-state index in [1.54, 1.807) is 0 Å². The number of halogens is 4. The minimum Gasteiger partial charge on any atom is -0.368 e. The second-order valence-corrected chi connectivity index (χ2v) is 4.58. The highest BCUT2D eigenvalue weighted by atomic mass is 19.4. The smallest absolute Gasteiger partial charge is 0.368 e. The molecule has 6 heteroatoms. The summed E-state index contributed by atoms with van der Waals surface area (Å²) < 4.78 is 56.9. The minimum absolute atomic E-state index is 0.0589. The maximum Gasteiger partial charge on any atom is 0.416 e. The predicted molar refractivity (Wildman–Crippen MR) is 62.2 cm³/mol. The second-order valence-electron chi connectivity index (χ2n) is 4.58. The molecule has 2 nitrogen and oxygen atoms in total. The molecule has 1 aromatic rings. The number of ether oxygens (including phenoxy) is 1. The highest BCUT2D eigenvalue weighted by molar-refractivity contribution is 5.29. The molecular weight excluding hydrogens is 262 g/mol. The zero-order valence-electron chi connectivity index (χ0n) is 10.4. The van der Waals surface area contributed by atoms with Crippen LogP contribution in [-0.2, 0) is 10.9 Å². The van der Waals surface area contributed by atoms with Gasteiger partial charge in [0.05, 0.1) is 17.8 Å². The maximum absolute atomic E-state index is 13.3. The van der Waals surface area contributed by atoms with E-state index in [0.29, 0.717) is 19.2 Å². The van der Waals surface area contributed by atoms with E-state index in [1.165, 1.54) is 0 Å². The lowest BCUT2D eigenvalue weighted by Gasteiger charge is -2.31. The van der Waals surface area contributed by atoms with Gasteiger partial charge in [-0.2, -0.15) is 13.2 Å². The van der Waals surface area contributed by atoms with Gasteiger partial charge in [-0.3, -0.25) is 0 Å². The Hall–Kier alpha value is -1.14. The zero-order chi connectivity index (χ0) is 14.0. The molecule has 2 rings (SSSR count). The second kappa shape index (κ2) is 5.46. The molecule has 0 saturated carbocycles. The van der Waals surface area contributed by atoms with Crippen molar-refractivity contribution in [1.29, 1.82) is 0 Å². The molecule has 0 bridgehead atoms. The summed E-state index contributed by atoms with van der Waals surface area (Å²) >= 11 is 0. The lowest BCUT2D eigenvalue weighted by Crippen LogP contribution is -2.40. The van der Waals surface area contributed by atoms with Gasteiger partial charge in [0.15, 0.2) is 0 Å². The molecule has 19 heavy (non-hydrogen) atoms. The van der Waals surface area contributed by atoms with Crippen LogP contribution in [0, 0.1) is 5.82 Å². The van der Waals surface area contributed by atoms with Gasteiger partial charge in [0.2, 0.25) is 0 Å². The Morgan fingerprint density at radius 1 is 1.26 bits per heavy atom. The number of rotatable bonds is 2. The fourth-order valence-corrected chi connectivity index (χ4v) is 2.10. The van der Waals surface area contributed by atoms with Crippen molar-refractivity contribution in [1.82, 2.24) is 5.32 Å². The van der Waals surface area contributed by atoms with Gasteiger partial charge in [0.25, 0.3) is 0 Å². The van der Waals surface area contributed by atoms with Crippen molar-refractivity contribution >= 4 is 0 Å². The van der Waals surface area contributed by atoms with Crippen molar-refractivity contribution in [3.05, 3.63) is 35.1 Å². The van der Waals surface area contributed by atoms with E-state index in [4.69, 9.17) is 4.74 Å². The Balaban J connectivity index is 2.26. The molecule has 0 aromatic heterocycles. The first-order chi connectivity index (χ1) is 8.90. The van der Waals surface area contributed by atoms with Crippen molar-refractivity contribution in [3.63, 3.8) is 0 Å². The number of morpholine rings is 1. The topological polar surface area (TPSA) is 21.3 Å². The first-order valence-electron chi connectivity index (χ1n) is 6.14. The zero-order valence-corrected chi connectivity index (χ0v) is 10.4. The predicted octanol–water partition coefficient (Wildman–Crippen LogP) is 3.28. The molecule has 1 aromatic carbocycles. The Kier molecular flexibility index (Phi) is 4.10. The molecule has 0 radical (unpaired) electrons. The van der Waals surface area contributed by atoms with Crippen LogP contribution in [0.25, 0.3) is 0 Å². The van der Waals surface area contributed by atoms with Crippen LogP contribution in [-0.4, -0.2) is 19.2 Å². The summed E-state index contributed by atoms with van der Waals surface area (Å²) in [7, 11) is 0. The Morgan fingerprint density at radius 2 is 2.00 bits per heavy atom. The molecule has 0 aliphatic carbocycles. The molecule has 1 aliphatic rings. The van der Waals surface area contributed by atoms with E-state index < -0.39 is 23.7 Å². The number of benzene rings is 1. The van der Waals surface area contributed by atoms with Gasteiger partial charge in [-0.05, 0) is 30.2 Å². The Labute approximate surface area is 108 Å². The molecule has 1 N–H and O–H groups in total. The van der Waals surface area contributed by atoms with E-state index in [1.807, 2.05) is 6.92 Å². The summed E-state index contributed by atoms with van der Waals surface area (Å²) in [6.07, 6.45) is -4.40. The lowest BCUT2D eigenvalue weighted by molar-refractivity contribution is -0.138. The van der Waals surface area contributed by atoms with E-state index in [9.17, 15) is 17.6 Å². The van der Waals surface area contributed by atoms with Gasteiger partial charge in [-0.1, -0.05) is 6.92 Å². The van der Waals surface area contributed by atoms with E-state index in [0.717, 1.165) is 18.6 Å². The highest BCUT2D eigenvalue weighted by Crippen LogP contribution is 2.33. The highest BCUT2D eigenvalue weighted by Gasteiger charge is 2.32. The minimum atomic E-state index is -4.55. The molecule has 1 aliphatic heterocycles. The fourth-order valence-electron chi connectivity index (χ4n) is 2.10. The van der Waals surface area contributed by atoms with Gasteiger partial charge in [0.1, 0.15) is 5.82 Å². The van der Waals surface area contributed by atoms with Crippen molar-refractivity contribution < 1.29 is 22.3 Å². The average molecular weight is 277 g/mol. The van der Waals surface area contributed by atoms with Gasteiger partial charge in [-0.25, -0.2) is 4.39 Å². The van der Waals surface area contributed by atoms with Crippen LogP contribution in [0.1, 0.15) is 30.6 Å². The van der Waals surface area contributed by atoms with Crippen LogP contribution in [0.5, 0.6) is 0 Å². The lowest BCUT2D eigenvalue weighted by atomic mass is 10.0. The largest absolute Gasteiger partial charge is 0.416 e. The third-order valence-corrected chi connectivity index (χ3v) is 3.13. The summed E-state index contributed by atoms with van der Waals surface area (Å²) in [6.45, 7) is 2.98. The van der Waals surface area contributed by atoms with Crippen LogP contribution in [0.4, 0.5) is 17.6 Å². The summed E-state index contributed by atoms with van der Waals surface area (Å²) in [5, 5.41) is 3.08. The summed E-state index contributed by atoms with van der Waals surface area (Å²) in [4.78, 5) is 0. The van der Waals surface area contributed by atoms with Crippen molar-refractivity contribution in [2.45, 2.75) is 31.7 Å². The Bertz CT molecular complexity index is 447. The van der Waals surface area contributed by atoms with Gasteiger partial charge in [-0.15, -0.1) is 0 Å². The summed E-state index contributed by atoms with van der Waals surface area (Å²) in [5.41, 5.74) is -0.761. The SMILES string of the molecule is CCC1CNCC(c2cc(F)cc(C(F)(F)F)c2)O1. The van der Waals surface area contributed by atoms with Crippen molar-refractivity contribution in [3.8, 4) is 0 Å². The van der Waals surface area contributed by atoms with E-state index in [-0.39, 0.29) is 11.7 Å². The molecule has 1 fully saturated rings. The first-order valence-corrected chi connectivity index (χ1v) is 6.14. The molecular formula is C13H15F4NO. The fraction of sp³-hybridized carbons (Fsp3) is 0.538. The number of alkyl halides is 3. The van der Waals surface area contributed by atoms with Crippen LogP contribution in [0.15, 0.2) is 18.2 Å². The number of hydrogen-bond donors (Lipinski definition) is 1. The van der Waals surface area contributed by atoms with Crippen LogP contribution < -0.4 is 5.32 Å². The summed E-state index contributed by atoms with van der Waals surface area (Å²) in [5.74, 6) is -0.896. The van der Waals surface area contributed by atoms with Crippen molar-refractivity contribution in [2.24, 2.45) is 0 Å². The van der Waals surface area contributed by atoms with Crippen molar-refractivity contribution in [2.75, 3.05) is 13.1 Å². The average Bonchev–Trinajstić information content (AvgIpc) is 2.37. The van der Waals surface area contributed by atoms with Gasteiger partial charge < -0.3 is 10.1 Å². The normalized spacial score (nSPS) is 24.5. The Morgan fingerprint density at radius 3 is 2.63 bits per heavy atom. The number of nitrogens with one attached hydrogen (secondary N) is 1. The number of hydrogen-bond acceptors (Lipinski definition) is 2. The van der Waals surface area contributed by atoms with Gasteiger partial charge >= 0.3 is 6.18 Å². The van der Waals surface area contributed by atoms with Crippen LogP contribution >= 0.6 is 0 Å². The first kappa shape index (κ1) is 14.3. The van der Waals surface area contributed by atoms with Crippen LogP contribution in [0.2, 0.25) is 0 Å².